The Morgan fingerprint density at radius 2 is 1.96 bits per heavy atom. The van der Waals surface area contributed by atoms with E-state index < -0.39 is 0 Å². The molecule has 2 fully saturated rings. The van der Waals surface area contributed by atoms with Crippen molar-refractivity contribution in [2.75, 3.05) is 46.4 Å². The molecule has 0 amide bonds. The molecule has 1 unspecified atom stereocenters. The van der Waals surface area contributed by atoms with Crippen molar-refractivity contribution in [1.29, 1.82) is 0 Å². The molecule has 5 nitrogen and oxygen atoms in total. The molecule has 28 heavy (non-hydrogen) atoms. The largest absolute Gasteiger partial charge is 0.383 e. The fourth-order valence-electron chi connectivity index (χ4n) is 5.36. The Morgan fingerprint density at radius 1 is 1.11 bits per heavy atom. The molecule has 5 heteroatoms. The van der Waals surface area contributed by atoms with Gasteiger partial charge in [0.1, 0.15) is 0 Å². The molecule has 1 aromatic carbocycles. The minimum Gasteiger partial charge on any atom is -0.383 e. The summed E-state index contributed by atoms with van der Waals surface area (Å²) < 4.78 is 7.34. The zero-order valence-electron chi connectivity index (χ0n) is 17.7. The number of methoxy groups -OCH3 is 1. The van der Waals surface area contributed by atoms with Gasteiger partial charge in [-0.1, -0.05) is 17.7 Å². The summed E-state index contributed by atoms with van der Waals surface area (Å²) in [6.07, 6.45) is 7.93. The van der Waals surface area contributed by atoms with E-state index in [9.17, 15) is 0 Å². The molecule has 0 radical (unpaired) electrons. The highest BCUT2D eigenvalue weighted by Crippen LogP contribution is 2.39. The van der Waals surface area contributed by atoms with Gasteiger partial charge < -0.3 is 9.64 Å². The Hall–Kier alpha value is -1.69. The van der Waals surface area contributed by atoms with Crippen LogP contribution in [0.2, 0.25) is 0 Å². The highest BCUT2D eigenvalue weighted by molar-refractivity contribution is 5.49. The normalized spacial score (nSPS) is 23.7. The Labute approximate surface area is 169 Å². The monoisotopic (exact) mass is 382 g/mol. The molecule has 1 atom stereocenters. The van der Waals surface area contributed by atoms with Crippen LogP contribution in [0, 0.1) is 19.3 Å². The van der Waals surface area contributed by atoms with Crippen LogP contribution in [0.4, 0.5) is 0 Å². The number of piperidine rings is 1. The molecule has 0 aliphatic carbocycles. The van der Waals surface area contributed by atoms with Gasteiger partial charge in [-0.25, -0.2) is 4.68 Å². The standard InChI is InChI=1S/C23H34N4O/c1-19-14-20(2)22(27-10-5-8-24-27)21(15-19)16-26-11-7-23(18-26)6-4-9-25(17-23)12-13-28-3/h5,8,10,14-15H,4,6-7,9,11-13,16-18H2,1-3H3. The predicted molar refractivity (Wildman–Crippen MR) is 113 cm³/mol. The van der Waals surface area contributed by atoms with Crippen molar-refractivity contribution in [3.63, 3.8) is 0 Å². The molecule has 0 saturated carbocycles. The van der Waals surface area contributed by atoms with Gasteiger partial charge in [-0.15, -0.1) is 0 Å². The lowest BCUT2D eigenvalue weighted by molar-refractivity contribution is 0.0673. The first-order chi connectivity index (χ1) is 13.6. The number of hydrogen-bond donors (Lipinski definition) is 0. The number of benzene rings is 1. The van der Waals surface area contributed by atoms with Gasteiger partial charge in [-0.05, 0) is 68.8 Å². The van der Waals surface area contributed by atoms with E-state index in [1.165, 1.54) is 67.8 Å². The molecule has 2 aliphatic rings. The molecule has 3 heterocycles. The molecule has 2 saturated heterocycles. The molecular weight excluding hydrogens is 348 g/mol. The van der Waals surface area contributed by atoms with E-state index in [0.717, 1.165) is 19.7 Å². The van der Waals surface area contributed by atoms with E-state index >= 15 is 0 Å². The summed E-state index contributed by atoms with van der Waals surface area (Å²) in [5.41, 5.74) is 5.75. The van der Waals surface area contributed by atoms with Gasteiger partial charge in [0, 0.05) is 45.7 Å². The van der Waals surface area contributed by atoms with Crippen molar-refractivity contribution in [2.24, 2.45) is 5.41 Å². The van der Waals surface area contributed by atoms with Crippen LogP contribution >= 0.6 is 0 Å². The zero-order valence-corrected chi connectivity index (χ0v) is 17.7. The summed E-state index contributed by atoms with van der Waals surface area (Å²) in [4.78, 5) is 5.28. The average Bonchev–Trinajstić information content (AvgIpc) is 3.31. The van der Waals surface area contributed by atoms with Gasteiger partial charge in [0.25, 0.3) is 0 Å². The van der Waals surface area contributed by atoms with Crippen molar-refractivity contribution in [2.45, 2.75) is 39.7 Å². The Bertz CT molecular complexity index is 788. The third-order valence-corrected chi connectivity index (χ3v) is 6.52. The van der Waals surface area contributed by atoms with E-state index in [1.54, 1.807) is 7.11 Å². The first kappa shape index (κ1) is 19.6. The molecule has 152 valence electrons. The van der Waals surface area contributed by atoms with Crippen LogP contribution in [-0.2, 0) is 11.3 Å². The fraction of sp³-hybridized carbons (Fsp3) is 0.609. The van der Waals surface area contributed by atoms with E-state index in [-0.39, 0.29) is 0 Å². The molecule has 1 aromatic heterocycles. The number of aryl methyl sites for hydroxylation is 2. The van der Waals surface area contributed by atoms with Crippen molar-refractivity contribution in [3.05, 3.63) is 47.3 Å². The number of likely N-dealkylation sites (tertiary alicyclic amines) is 2. The second-order valence-corrected chi connectivity index (χ2v) is 8.87. The van der Waals surface area contributed by atoms with Gasteiger partial charge in [0.2, 0.25) is 0 Å². The maximum absolute atomic E-state index is 5.31. The van der Waals surface area contributed by atoms with E-state index in [4.69, 9.17) is 4.74 Å². The SMILES string of the molecule is COCCN1CCCC2(CCN(Cc3cc(C)cc(C)c3-n3cccn3)C2)C1. The second kappa shape index (κ2) is 8.36. The first-order valence-corrected chi connectivity index (χ1v) is 10.6. The number of nitrogens with zero attached hydrogens (tertiary/aromatic N) is 4. The summed E-state index contributed by atoms with van der Waals surface area (Å²) >= 11 is 0. The summed E-state index contributed by atoms with van der Waals surface area (Å²) in [6, 6.07) is 6.62. The van der Waals surface area contributed by atoms with Gasteiger partial charge in [-0.3, -0.25) is 4.90 Å². The lowest BCUT2D eigenvalue weighted by atomic mass is 9.79. The first-order valence-electron chi connectivity index (χ1n) is 10.6. The lowest BCUT2D eigenvalue weighted by Gasteiger charge is -2.40. The summed E-state index contributed by atoms with van der Waals surface area (Å²) in [5.74, 6) is 0. The van der Waals surface area contributed by atoms with Crippen molar-refractivity contribution in [1.82, 2.24) is 19.6 Å². The van der Waals surface area contributed by atoms with Crippen LogP contribution < -0.4 is 0 Å². The maximum Gasteiger partial charge on any atom is 0.0719 e. The number of rotatable bonds is 6. The zero-order chi connectivity index (χ0) is 19.6. The number of aromatic nitrogens is 2. The summed E-state index contributed by atoms with van der Waals surface area (Å²) in [7, 11) is 1.80. The second-order valence-electron chi connectivity index (χ2n) is 8.87. The van der Waals surface area contributed by atoms with Crippen LogP contribution in [0.1, 0.15) is 36.0 Å². The average molecular weight is 383 g/mol. The van der Waals surface area contributed by atoms with Crippen LogP contribution in [0.5, 0.6) is 0 Å². The summed E-state index contributed by atoms with van der Waals surface area (Å²) in [6.45, 7) is 12.2. The Balaban J connectivity index is 1.49. The van der Waals surface area contributed by atoms with Crippen LogP contribution in [0.15, 0.2) is 30.6 Å². The Kier molecular flexibility index (Phi) is 5.85. The fourth-order valence-corrected chi connectivity index (χ4v) is 5.36. The quantitative estimate of drug-likeness (QED) is 0.767. The number of hydrogen-bond acceptors (Lipinski definition) is 4. The van der Waals surface area contributed by atoms with Crippen LogP contribution in [0.3, 0.4) is 0 Å². The van der Waals surface area contributed by atoms with Crippen LogP contribution in [-0.4, -0.2) is 66.0 Å². The van der Waals surface area contributed by atoms with Gasteiger partial charge in [-0.2, -0.15) is 5.10 Å². The topological polar surface area (TPSA) is 33.5 Å². The minimum atomic E-state index is 0.469. The number of ether oxygens (including phenoxy) is 1. The third kappa shape index (κ3) is 4.17. The van der Waals surface area contributed by atoms with Crippen molar-refractivity contribution >= 4 is 0 Å². The van der Waals surface area contributed by atoms with E-state index in [1.807, 2.05) is 16.9 Å². The van der Waals surface area contributed by atoms with Crippen LogP contribution in [0.25, 0.3) is 5.69 Å². The molecule has 0 bridgehead atoms. The Morgan fingerprint density at radius 3 is 2.75 bits per heavy atom. The van der Waals surface area contributed by atoms with Gasteiger partial charge in [0.15, 0.2) is 0 Å². The molecule has 2 aromatic rings. The highest BCUT2D eigenvalue weighted by atomic mass is 16.5. The molecule has 1 spiro atoms. The molecule has 0 N–H and O–H groups in total. The predicted octanol–water partition coefficient (Wildman–Crippen LogP) is 3.42. The van der Waals surface area contributed by atoms with Crippen molar-refractivity contribution < 1.29 is 4.74 Å². The smallest absolute Gasteiger partial charge is 0.0719 e. The van der Waals surface area contributed by atoms with Gasteiger partial charge in [0.05, 0.1) is 12.3 Å². The summed E-state index contributed by atoms with van der Waals surface area (Å²) in [5, 5.41) is 4.51. The minimum absolute atomic E-state index is 0.469. The maximum atomic E-state index is 5.31. The van der Waals surface area contributed by atoms with Gasteiger partial charge >= 0.3 is 0 Å². The molecular formula is C23H34N4O. The third-order valence-electron chi connectivity index (χ3n) is 6.52. The molecule has 2 aliphatic heterocycles. The highest BCUT2D eigenvalue weighted by Gasteiger charge is 2.41. The molecule has 4 rings (SSSR count). The lowest BCUT2D eigenvalue weighted by Crippen LogP contribution is -2.45. The van der Waals surface area contributed by atoms with E-state index in [2.05, 4.69) is 47.1 Å². The van der Waals surface area contributed by atoms with Crippen molar-refractivity contribution in [3.8, 4) is 5.69 Å². The van der Waals surface area contributed by atoms with E-state index in [0.29, 0.717) is 5.41 Å².